The maximum absolute atomic E-state index is 13.0. The molecule has 2 aliphatic heterocycles. The Hall–Kier alpha value is -1.67. The number of hydrogen-bond donors (Lipinski definition) is 3. The molecule has 2 atom stereocenters. The summed E-state index contributed by atoms with van der Waals surface area (Å²) in [5.41, 5.74) is 6.64. The van der Waals surface area contributed by atoms with Crippen LogP contribution in [0.4, 0.5) is 5.95 Å². The number of anilines is 1. The Balaban J connectivity index is 1.35. The molecular formula is C16H27N7O. The first-order valence-corrected chi connectivity index (χ1v) is 9.20. The Labute approximate surface area is 142 Å². The van der Waals surface area contributed by atoms with Gasteiger partial charge in [0.2, 0.25) is 11.9 Å². The van der Waals surface area contributed by atoms with Crippen LogP contribution in [0.3, 0.4) is 0 Å². The van der Waals surface area contributed by atoms with E-state index in [1.807, 2.05) is 4.90 Å². The second-order valence-electron chi connectivity index (χ2n) is 7.18. The molecule has 1 aromatic heterocycles. The molecule has 2 unspecified atom stereocenters. The smallest absolute Gasteiger partial charge is 0.228 e. The van der Waals surface area contributed by atoms with Crippen LogP contribution in [0.2, 0.25) is 0 Å². The maximum atomic E-state index is 13.0. The molecule has 24 heavy (non-hydrogen) atoms. The Morgan fingerprint density at radius 3 is 2.62 bits per heavy atom. The van der Waals surface area contributed by atoms with E-state index in [-0.39, 0.29) is 5.92 Å². The summed E-state index contributed by atoms with van der Waals surface area (Å²) in [7, 11) is 0. The van der Waals surface area contributed by atoms with Gasteiger partial charge in [0.15, 0.2) is 0 Å². The lowest BCUT2D eigenvalue weighted by Gasteiger charge is -2.37. The fourth-order valence-electron chi connectivity index (χ4n) is 4.42. The zero-order chi connectivity index (χ0) is 16.4. The van der Waals surface area contributed by atoms with Crippen LogP contribution in [0.25, 0.3) is 0 Å². The molecule has 8 nitrogen and oxygen atoms in total. The minimum atomic E-state index is 0.0740. The number of rotatable bonds is 3. The molecule has 0 bridgehead atoms. The van der Waals surface area contributed by atoms with Crippen LogP contribution in [0.15, 0.2) is 6.33 Å². The predicted molar refractivity (Wildman–Crippen MR) is 90.2 cm³/mol. The first kappa shape index (κ1) is 15.8. The minimum absolute atomic E-state index is 0.0740. The number of piperazine rings is 1. The number of amides is 1. The minimum Gasteiger partial charge on any atom is -0.339 e. The third-order valence-electron chi connectivity index (χ3n) is 5.79. The maximum Gasteiger partial charge on any atom is 0.228 e. The number of carbonyl (C=O) groups excluding carboxylic acids is 1. The van der Waals surface area contributed by atoms with Gasteiger partial charge in [-0.2, -0.15) is 10.1 Å². The highest BCUT2D eigenvalue weighted by molar-refractivity contribution is 5.80. The summed E-state index contributed by atoms with van der Waals surface area (Å²) in [6.07, 6.45) is 7.99. The number of nitrogens with zero attached hydrogens (tertiary/aromatic N) is 4. The summed E-state index contributed by atoms with van der Waals surface area (Å²) in [4.78, 5) is 21.4. The topological polar surface area (TPSA) is 89.2 Å². The van der Waals surface area contributed by atoms with Gasteiger partial charge in [0.05, 0.1) is 5.92 Å². The average molecular weight is 333 g/mol. The number of carbonyl (C=O) groups is 1. The second-order valence-corrected chi connectivity index (χ2v) is 7.18. The lowest BCUT2D eigenvalue weighted by molar-refractivity contribution is -0.136. The van der Waals surface area contributed by atoms with Crippen molar-refractivity contribution in [1.82, 2.24) is 30.9 Å². The molecule has 2 saturated heterocycles. The molecule has 3 fully saturated rings. The normalized spacial score (nSPS) is 29.2. The Bertz CT molecular complexity index is 535. The highest BCUT2D eigenvalue weighted by Gasteiger charge is 2.40. The molecule has 3 N–H and O–H groups in total. The van der Waals surface area contributed by atoms with E-state index in [0.29, 0.717) is 17.9 Å². The molecule has 0 aromatic carbocycles. The highest BCUT2D eigenvalue weighted by atomic mass is 16.2. The van der Waals surface area contributed by atoms with E-state index in [0.717, 1.165) is 38.7 Å². The van der Waals surface area contributed by atoms with Gasteiger partial charge < -0.3 is 9.80 Å². The van der Waals surface area contributed by atoms with Crippen LogP contribution in [0.5, 0.6) is 0 Å². The van der Waals surface area contributed by atoms with Crippen molar-refractivity contribution in [3.63, 3.8) is 0 Å². The summed E-state index contributed by atoms with van der Waals surface area (Å²) in [5, 5.41) is 6.80. The van der Waals surface area contributed by atoms with Gasteiger partial charge in [-0.1, -0.05) is 19.3 Å². The van der Waals surface area contributed by atoms with E-state index in [9.17, 15) is 4.79 Å². The van der Waals surface area contributed by atoms with Crippen LogP contribution < -0.4 is 15.8 Å². The number of aromatic nitrogens is 3. The highest BCUT2D eigenvalue weighted by Crippen LogP contribution is 2.31. The van der Waals surface area contributed by atoms with E-state index >= 15 is 0 Å². The van der Waals surface area contributed by atoms with Crippen molar-refractivity contribution in [3.8, 4) is 0 Å². The summed E-state index contributed by atoms with van der Waals surface area (Å²) in [6, 6.07) is 0.296. The summed E-state index contributed by atoms with van der Waals surface area (Å²) in [5.74, 6) is 1.81. The fraction of sp³-hybridized carbons (Fsp3) is 0.812. The second kappa shape index (κ2) is 7.06. The first-order chi connectivity index (χ1) is 11.8. The molecule has 0 spiro atoms. The van der Waals surface area contributed by atoms with Crippen molar-refractivity contribution in [3.05, 3.63) is 6.33 Å². The Morgan fingerprint density at radius 2 is 1.92 bits per heavy atom. The molecule has 1 amide bonds. The van der Waals surface area contributed by atoms with Crippen LogP contribution in [0, 0.1) is 11.8 Å². The monoisotopic (exact) mass is 333 g/mol. The van der Waals surface area contributed by atoms with E-state index < -0.39 is 0 Å². The van der Waals surface area contributed by atoms with Gasteiger partial charge in [-0.3, -0.25) is 15.6 Å². The Morgan fingerprint density at radius 1 is 1.12 bits per heavy atom. The molecule has 0 radical (unpaired) electrons. The number of hydrogen-bond acceptors (Lipinski definition) is 6. The molecule has 3 aliphatic rings. The van der Waals surface area contributed by atoms with Crippen molar-refractivity contribution >= 4 is 11.9 Å². The number of nitrogens with one attached hydrogen (secondary N) is 3. The van der Waals surface area contributed by atoms with Gasteiger partial charge in [-0.15, -0.1) is 0 Å². The van der Waals surface area contributed by atoms with E-state index in [4.69, 9.17) is 0 Å². The van der Waals surface area contributed by atoms with E-state index in [2.05, 4.69) is 30.9 Å². The van der Waals surface area contributed by atoms with Gasteiger partial charge in [0.25, 0.3) is 0 Å². The van der Waals surface area contributed by atoms with Gasteiger partial charge in [-0.25, -0.2) is 5.10 Å². The number of aromatic amines is 1. The summed E-state index contributed by atoms with van der Waals surface area (Å²) >= 11 is 0. The van der Waals surface area contributed by atoms with Crippen LogP contribution >= 0.6 is 0 Å². The lowest BCUT2D eigenvalue weighted by atomic mass is 9.79. The fourth-order valence-corrected chi connectivity index (χ4v) is 4.42. The van der Waals surface area contributed by atoms with Crippen molar-refractivity contribution in [2.45, 2.75) is 38.1 Å². The molecule has 1 saturated carbocycles. The van der Waals surface area contributed by atoms with Crippen LogP contribution in [-0.4, -0.2) is 64.8 Å². The van der Waals surface area contributed by atoms with Gasteiger partial charge >= 0.3 is 0 Å². The van der Waals surface area contributed by atoms with Crippen molar-refractivity contribution < 1.29 is 4.79 Å². The molecule has 1 aliphatic carbocycles. The summed E-state index contributed by atoms with van der Waals surface area (Å²) < 4.78 is 0. The quantitative estimate of drug-likeness (QED) is 0.728. The SMILES string of the molecule is O=C(C1CNNC1C1CCCCC1)N1CCN(c2ncn[nH]2)CC1. The lowest BCUT2D eigenvalue weighted by Crippen LogP contribution is -2.53. The third-order valence-corrected chi connectivity index (χ3v) is 5.79. The van der Waals surface area contributed by atoms with Crippen molar-refractivity contribution in [2.24, 2.45) is 11.8 Å². The van der Waals surface area contributed by atoms with Crippen molar-refractivity contribution in [2.75, 3.05) is 37.6 Å². The molecular weight excluding hydrogens is 306 g/mol. The molecule has 8 heteroatoms. The Kier molecular flexibility index (Phi) is 4.66. The molecule has 4 rings (SSSR count). The van der Waals surface area contributed by atoms with Gasteiger partial charge in [-0.05, 0) is 18.8 Å². The largest absolute Gasteiger partial charge is 0.339 e. The van der Waals surface area contributed by atoms with E-state index in [1.54, 1.807) is 0 Å². The average Bonchev–Trinajstić information content (AvgIpc) is 3.34. The molecule has 132 valence electrons. The zero-order valence-electron chi connectivity index (χ0n) is 14.1. The predicted octanol–water partition coefficient (Wildman–Crippen LogP) is 0.126. The van der Waals surface area contributed by atoms with Gasteiger partial charge in [0, 0.05) is 38.8 Å². The number of hydrazine groups is 1. The van der Waals surface area contributed by atoms with Gasteiger partial charge in [0.1, 0.15) is 6.33 Å². The molecule has 3 heterocycles. The van der Waals surface area contributed by atoms with Crippen molar-refractivity contribution in [1.29, 1.82) is 0 Å². The zero-order valence-corrected chi connectivity index (χ0v) is 14.1. The molecule has 1 aromatic rings. The standard InChI is InChI=1S/C16H27N7O/c24-15(13-10-18-20-14(13)12-4-2-1-3-5-12)22-6-8-23(9-7-22)16-17-11-19-21-16/h11-14,18,20H,1-10H2,(H,17,19,21). The number of H-pyrrole nitrogens is 1. The summed E-state index contributed by atoms with van der Waals surface area (Å²) in [6.45, 7) is 3.88. The van der Waals surface area contributed by atoms with Crippen LogP contribution in [-0.2, 0) is 4.79 Å². The van der Waals surface area contributed by atoms with E-state index in [1.165, 1.54) is 38.4 Å². The third kappa shape index (κ3) is 3.12. The van der Waals surface area contributed by atoms with Crippen LogP contribution in [0.1, 0.15) is 32.1 Å². The first-order valence-electron chi connectivity index (χ1n) is 9.20.